The first-order chi connectivity index (χ1) is 8.75. The maximum Gasteiger partial charge on any atom is 0.251 e. The first kappa shape index (κ1) is 15.7. The number of benzene rings is 1. The molecule has 1 unspecified atom stereocenters. The zero-order valence-electron chi connectivity index (χ0n) is 12.7. The zero-order chi connectivity index (χ0) is 14.6. The van der Waals surface area contributed by atoms with E-state index in [4.69, 9.17) is 5.73 Å². The monoisotopic (exact) mass is 262 g/mol. The Kier molecular flexibility index (Phi) is 5.12. The van der Waals surface area contributed by atoms with Crippen molar-refractivity contribution in [3.63, 3.8) is 0 Å². The summed E-state index contributed by atoms with van der Waals surface area (Å²) in [5.41, 5.74) is 8.70. The third-order valence-corrected chi connectivity index (χ3v) is 3.58. The predicted octanol–water partition coefficient (Wildman–Crippen LogP) is 2.80. The van der Waals surface area contributed by atoms with Gasteiger partial charge in [0.1, 0.15) is 0 Å². The lowest BCUT2D eigenvalue weighted by Crippen LogP contribution is -2.44. The molecule has 3 heteroatoms. The maximum atomic E-state index is 12.3. The fourth-order valence-electron chi connectivity index (χ4n) is 2.01. The van der Waals surface area contributed by atoms with E-state index in [0.717, 1.165) is 17.5 Å². The van der Waals surface area contributed by atoms with E-state index in [1.807, 2.05) is 32.0 Å². The van der Waals surface area contributed by atoms with Crippen LogP contribution in [0.4, 0.5) is 0 Å². The average molecular weight is 262 g/mol. The fraction of sp³-hybridized carbons (Fsp3) is 0.562. The van der Waals surface area contributed by atoms with Crippen LogP contribution in [0, 0.1) is 19.3 Å². The quantitative estimate of drug-likeness (QED) is 0.876. The van der Waals surface area contributed by atoms with Gasteiger partial charge < -0.3 is 11.1 Å². The molecule has 1 aromatic rings. The highest BCUT2D eigenvalue weighted by molar-refractivity contribution is 5.94. The smallest absolute Gasteiger partial charge is 0.251 e. The molecule has 0 aromatic heterocycles. The Morgan fingerprint density at radius 1 is 1.26 bits per heavy atom. The van der Waals surface area contributed by atoms with Crippen LogP contribution < -0.4 is 11.1 Å². The van der Waals surface area contributed by atoms with Crippen molar-refractivity contribution in [2.45, 2.75) is 47.1 Å². The van der Waals surface area contributed by atoms with E-state index in [-0.39, 0.29) is 17.4 Å². The summed E-state index contributed by atoms with van der Waals surface area (Å²) < 4.78 is 0. The van der Waals surface area contributed by atoms with Crippen molar-refractivity contribution in [2.24, 2.45) is 11.1 Å². The van der Waals surface area contributed by atoms with E-state index in [9.17, 15) is 4.79 Å². The molecule has 0 aliphatic carbocycles. The standard InChI is InChI=1S/C16H26N2O/c1-11-6-7-13(10-12(11)2)15(19)18-14(8-9-17)16(3,4)5/h6-7,10,14H,8-9,17H2,1-5H3,(H,18,19). The molecule has 0 fully saturated rings. The van der Waals surface area contributed by atoms with E-state index in [0.29, 0.717) is 6.54 Å². The molecule has 0 radical (unpaired) electrons. The summed E-state index contributed by atoms with van der Waals surface area (Å²) in [5, 5.41) is 3.10. The molecule has 0 spiro atoms. The highest BCUT2D eigenvalue weighted by Gasteiger charge is 2.25. The number of nitrogens with two attached hydrogens (primary N) is 1. The number of amides is 1. The first-order valence-electron chi connectivity index (χ1n) is 6.84. The number of rotatable bonds is 4. The molecule has 0 saturated heterocycles. The van der Waals surface area contributed by atoms with E-state index >= 15 is 0 Å². The van der Waals surface area contributed by atoms with Crippen molar-refractivity contribution >= 4 is 5.91 Å². The third-order valence-electron chi connectivity index (χ3n) is 3.58. The molecule has 1 aromatic carbocycles. The van der Waals surface area contributed by atoms with Gasteiger partial charge in [0.2, 0.25) is 0 Å². The van der Waals surface area contributed by atoms with E-state index in [1.54, 1.807) is 0 Å². The lowest BCUT2D eigenvalue weighted by molar-refractivity contribution is 0.0899. The predicted molar refractivity (Wildman–Crippen MR) is 80.3 cm³/mol. The Labute approximate surface area is 116 Å². The molecule has 0 bridgehead atoms. The van der Waals surface area contributed by atoms with Crippen LogP contribution in [0.3, 0.4) is 0 Å². The summed E-state index contributed by atoms with van der Waals surface area (Å²) in [5.74, 6) is -0.0172. The number of hydrogen-bond donors (Lipinski definition) is 2. The lowest BCUT2D eigenvalue weighted by Gasteiger charge is -2.31. The largest absolute Gasteiger partial charge is 0.349 e. The van der Waals surface area contributed by atoms with E-state index in [2.05, 4.69) is 26.1 Å². The molecule has 0 aliphatic heterocycles. The molecule has 1 amide bonds. The minimum Gasteiger partial charge on any atom is -0.349 e. The molecule has 0 saturated carbocycles. The molecule has 3 nitrogen and oxygen atoms in total. The van der Waals surface area contributed by atoms with Crippen LogP contribution in [0.1, 0.15) is 48.7 Å². The van der Waals surface area contributed by atoms with Crippen molar-refractivity contribution in [2.75, 3.05) is 6.54 Å². The Morgan fingerprint density at radius 2 is 1.89 bits per heavy atom. The SMILES string of the molecule is Cc1ccc(C(=O)NC(CCN)C(C)(C)C)cc1C. The highest BCUT2D eigenvalue weighted by atomic mass is 16.1. The van der Waals surface area contributed by atoms with Gasteiger partial charge in [0.05, 0.1) is 0 Å². The second-order valence-electron chi connectivity index (χ2n) is 6.27. The molecule has 19 heavy (non-hydrogen) atoms. The average Bonchev–Trinajstić information content (AvgIpc) is 2.30. The van der Waals surface area contributed by atoms with Crippen molar-refractivity contribution in [1.82, 2.24) is 5.32 Å². The summed E-state index contributed by atoms with van der Waals surface area (Å²) in [6, 6.07) is 5.89. The number of hydrogen-bond acceptors (Lipinski definition) is 2. The van der Waals surface area contributed by atoms with Gasteiger partial charge in [-0.2, -0.15) is 0 Å². The fourth-order valence-corrected chi connectivity index (χ4v) is 2.01. The van der Waals surface area contributed by atoms with Crippen molar-refractivity contribution in [3.05, 3.63) is 34.9 Å². The number of carbonyl (C=O) groups is 1. The maximum absolute atomic E-state index is 12.3. The van der Waals surface area contributed by atoms with Gasteiger partial charge in [-0.25, -0.2) is 0 Å². The summed E-state index contributed by atoms with van der Waals surface area (Å²) in [4.78, 5) is 12.3. The Bertz CT molecular complexity index is 447. The normalized spacial score (nSPS) is 13.2. The van der Waals surface area contributed by atoms with Gasteiger partial charge in [-0.3, -0.25) is 4.79 Å². The van der Waals surface area contributed by atoms with Gasteiger partial charge in [0.25, 0.3) is 5.91 Å². The van der Waals surface area contributed by atoms with Crippen LogP contribution in [0.25, 0.3) is 0 Å². The van der Waals surface area contributed by atoms with Crippen LogP contribution in [0.5, 0.6) is 0 Å². The van der Waals surface area contributed by atoms with Gasteiger partial charge in [0.15, 0.2) is 0 Å². The molecule has 1 rings (SSSR count). The minimum atomic E-state index is -0.0172. The van der Waals surface area contributed by atoms with E-state index in [1.165, 1.54) is 5.56 Å². The van der Waals surface area contributed by atoms with Gasteiger partial charge in [-0.05, 0) is 55.5 Å². The third kappa shape index (κ3) is 4.35. The van der Waals surface area contributed by atoms with E-state index < -0.39 is 0 Å². The first-order valence-corrected chi connectivity index (χ1v) is 6.84. The molecular formula is C16H26N2O. The Hall–Kier alpha value is -1.35. The van der Waals surface area contributed by atoms with Gasteiger partial charge in [-0.15, -0.1) is 0 Å². The lowest BCUT2D eigenvalue weighted by atomic mass is 9.84. The summed E-state index contributed by atoms with van der Waals surface area (Å²) in [6.45, 7) is 11.0. The molecule has 3 N–H and O–H groups in total. The number of carbonyl (C=O) groups excluding carboxylic acids is 1. The van der Waals surface area contributed by atoms with Gasteiger partial charge in [0, 0.05) is 11.6 Å². The summed E-state index contributed by atoms with van der Waals surface area (Å²) in [6.07, 6.45) is 0.792. The van der Waals surface area contributed by atoms with Gasteiger partial charge >= 0.3 is 0 Å². The summed E-state index contributed by atoms with van der Waals surface area (Å²) in [7, 11) is 0. The van der Waals surface area contributed by atoms with Crippen LogP contribution in [-0.2, 0) is 0 Å². The number of nitrogens with one attached hydrogen (secondary N) is 1. The summed E-state index contributed by atoms with van der Waals surface area (Å²) >= 11 is 0. The topological polar surface area (TPSA) is 55.1 Å². The number of aryl methyl sites for hydroxylation is 2. The second kappa shape index (κ2) is 6.20. The molecule has 0 aliphatic rings. The van der Waals surface area contributed by atoms with Crippen LogP contribution in [-0.4, -0.2) is 18.5 Å². The Morgan fingerprint density at radius 3 is 2.37 bits per heavy atom. The van der Waals surface area contributed by atoms with Crippen LogP contribution in [0.15, 0.2) is 18.2 Å². The molecule has 1 atom stereocenters. The highest BCUT2D eigenvalue weighted by Crippen LogP contribution is 2.22. The van der Waals surface area contributed by atoms with Crippen LogP contribution >= 0.6 is 0 Å². The van der Waals surface area contributed by atoms with Gasteiger partial charge in [-0.1, -0.05) is 26.8 Å². The Balaban J connectivity index is 2.84. The van der Waals surface area contributed by atoms with Crippen LogP contribution in [0.2, 0.25) is 0 Å². The minimum absolute atomic E-state index is 0.00870. The zero-order valence-corrected chi connectivity index (χ0v) is 12.7. The van der Waals surface area contributed by atoms with Crippen molar-refractivity contribution in [3.8, 4) is 0 Å². The second-order valence-corrected chi connectivity index (χ2v) is 6.27. The van der Waals surface area contributed by atoms with Crippen molar-refractivity contribution < 1.29 is 4.79 Å². The van der Waals surface area contributed by atoms with Crippen molar-refractivity contribution in [1.29, 1.82) is 0 Å². The molecule has 106 valence electrons. The molecule has 0 heterocycles. The molecular weight excluding hydrogens is 236 g/mol.